The Morgan fingerprint density at radius 2 is 2.24 bits per heavy atom. The highest BCUT2D eigenvalue weighted by Crippen LogP contribution is 2.37. The molecule has 0 bridgehead atoms. The molecule has 1 N–H and O–H groups in total. The van der Waals surface area contributed by atoms with Crippen molar-refractivity contribution in [2.24, 2.45) is 0 Å². The number of hydrogen-bond donors (Lipinski definition) is 1. The smallest absolute Gasteiger partial charge is 0.244 e. The van der Waals surface area contributed by atoms with Crippen LogP contribution in [0.2, 0.25) is 0 Å². The fraction of sp³-hybridized carbons (Fsp3) is 0.562. The second-order valence-electron chi connectivity index (χ2n) is 5.62. The SMILES string of the molecule is O=C(C=Cc1ccco1)NCC1COC2(CCCCC2)O1. The third-order valence-corrected chi connectivity index (χ3v) is 3.98. The summed E-state index contributed by atoms with van der Waals surface area (Å²) >= 11 is 0. The van der Waals surface area contributed by atoms with Gasteiger partial charge in [0.1, 0.15) is 11.9 Å². The largest absolute Gasteiger partial charge is 0.465 e. The Morgan fingerprint density at radius 1 is 1.38 bits per heavy atom. The number of carbonyl (C=O) groups excluding carboxylic acids is 1. The lowest BCUT2D eigenvalue weighted by Gasteiger charge is -2.31. The van der Waals surface area contributed by atoms with Crippen LogP contribution < -0.4 is 5.32 Å². The summed E-state index contributed by atoms with van der Waals surface area (Å²) in [7, 11) is 0. The Morgan fingerprint density at radius 3 is 3.00 bits per heavy atom. The van der Waals surface area contributed by atoms with Gasteiger partial charge in [0.25, 0.3) is 0 Å². The summed E-state index contributed by atoms with van der Waals surface area (Å²) in [6.07, 6.45) is 10.1. The van der Waals surface area contributed by atoms with E-state index in [1.54, 1.807) is 24.5 Å². The summed E-state index contributed by atoms with van der Waals surface area (Å²) in [5.74, 6) is 0.129. The number of rotatable bonds is 4. The van der Waals surface area contributed by atoms with E-state index >= 15 is 0 Å². The van der Waals surface area contributed by atoms with Gasteiger partial charge in [0.15, 0.2) is 5.79 Å². The van der Waals surface area contributed by atoms with Gasteiger partial charge in [0.05, 0.1) is 12.9 Å². The maximum Gasteiger partial charge on any atom is 0.244 e. The van der Waals surface area contributed by atoms with Crippen LogP contribution in [0.1, 0.15) is 37.9 Å². The number of amides is 1. The van der Waals surface area contributed by atoms with Crippen LogP contribution in [0.15, 0.2) is 28.9 Å². The summed E-state index contributed by atoms with van der Waals surface area (Å²) in [5, 5.41) is 2.84. The first-order valence-corrected chi connectivity index (χ1v) is 7.57. The molecule has 21 heavy (non-hydrogen) atoms. The van der Waals surface area contributed by atoms with Gasteiger partial charge in [0.2, 0.25) is 5.91 Å². The van der Waals surface area contributed by atoms with E-state index in [2.05, 4.69) is 5.32 Å². The van der Waals surface area contributed by atoms with Crippen LogP contribution >= 0.6 is 0 Å². The molecule has 2 aliphatic rings. The molecule has 1 atom stereocenters. The lowest BCUT2D eigenvalue weighted by molar-refractivity contribution is -0.186. The van der Waals surface area contributed by atoms with Crippen molar-refractivity contribution in [1.29, 1.82) is 0 Å². The van der Waals surface area contributed by atoms with Crippen molar-refractivity contribution in [2.45, 2.75) is 44.0 Å². The van der Waals surface area contributed by atoms with Crippen molar-refractivity contribution >= 4 is 12.0 Å². The van der Waals surface area contributed by atoms with E-state index in [1.807, 2.05) is 0 Å². The van der Waals surface area contributed by atoms with E-state index in [9.17, 15) is 4.79 Å². The molecule has 2 fully saturated rings. The molecule has 1 spiro atoms. The lowest BCUT2D eigenvalue weighted by Crippen LogP contribution is -2.36. The Hall–Kier alpha value is -1.59. The second kappa shape index (κ2) is 6.45. The predicted molar refractivity (Wildman–Crippen MR) is 77.4 cm³/mol. The summed E-state index contributed by atoms with van der Waals surface area (Å²) < 4.78 is 17.0. The summed E-state index contributed by atoms with van der Waals surface area (Å²) in [6, 6.07) is 3.58. The van der Waals surface area contributed by atoms with Crippen molar-refractivity contribution < 1.29 is 18.7 Å². The van der Waals surface area contributed by atoms with E-state index in [0.717, 1.165) is 25.7 Å². The molecule has 5 nitrogen and oxygen atoms in total. The molecule has 1 aliphatic heterocycles. The average molecular weight is 291 g/mol. The zero-order valence-electron chi connectivity index (χ0n) is 12.0. The Balaban J connectivity index is 1.42. The summed E-state index contributed by atoms with van der Waals surface area (Å²) in [4.78, 5) is 11.7. The van der Waals surface area contributed by atoms with Gasteiger partial charge in [-0.1, -0.05) is 6.42 Å². The normalized spacial score (nSPS) is 24.7. The van der Waals surface area contributed by atoms with Crippen LogP contribution in [0.5, 0.6) is 0 Å². The number of hydrogen-bond acceptors (Lipinski definition) is 4. The summed E-state index contributed by atoms with van der Waals surface area (Å²) in [5.41, 5.74) is 0. The first-order chi connectivity index (χ1) is 10.3. The molecular formula is C16H21NO4. The van der Waals surface area contributed by atoms with Gasteiger partial charge in [0, 0.05) is 25.5 Å². The molecule has 114 valence electrons. The van der Waals surface area contributed by atoms with Crippen LogP contribution in [0, 0.1) is 0 Å². The first-order valence-electron chi connectivity index (χ1n) is 7.57. The van der Waals surface area contributed by atoms with Crippen LogP contribution in [0.25, 0.3) is 6.08 Å². The number of nitrogens with one attached hydrogen (secondary N) is 1. The van der Waals surface area contributed by atoms with Crippen LogP contribution in [0.3, 0.4) is 0 Å². The van der Waals surface area contributed by atoms with Crippen LogP contribution in [-0.4, -0.2) is 30.9 Å². The molecule has 1 saturated carbocycles. The van der Waals surface area contributed by atoms with Crippen LogP contribution in [0.4, 0.5) is 0 Å². The average Bonchev–Trinajstić information content (AvgIpc) is 3.14. The minimum atomic E-state index is -0.377. The number of ether oxygens (including phenoxy) is 2. The van der Waals surface area contributed by atoms with Gasteiger partial charge in [-0.05, 0) is 31.1 Å². The van der Waals surface area contributed by atoms with Crippen LogP contribution in [-0.2, 0) is 14.3 Å². The van der Waals surface area contributed by atoms with Crippen molar-refractivity contribution in [1.82, 2.24) is 5.32 Å². The van der Waals surface area contributed by atoms with Crippen molar-refractivity contribution in [3.8, 4) is 0 Å². The van der Waals surface area contributed by atoms with Crippen molar-refractivity contribution in [2.75, 3.05) is 13.2 Å². The number of furan rings is 1. The van der Waals surface area contributed by atoms with E-state index in [0.29, 0.717) is 18.9 Å². The maximum atomic E-state index is 11.7. The van der Waals surface area contributed by atoms with Gasteiger partial charge in [-0.2, -0.15) is 0 Å². The standard InChI is InChI=1S/C16H21NO4/c18-15(7-6-13-5-4-10-19-13)17-11-14-12-20-16(21-14)8-2-1-3-9-16/h4-7,10,14H,1-3,8-9,11-12H2,(H,17,18). The van der Waals surface area contributed by atoms with E-state index in [4.69, 9.17) is 13.9 Å². The zero-order valence-corrected chi connectivity index (χ0v) is 12.0. The van der Waals surface area contributed by atoms with E-state index < -0.39 is 0 Å². The zero-order chi connectivity index (χ0) is 14.5. The highest BCUT2D eigenvalue weighted by atomic mass is 16.7. The molecule has 1 unspecified atom stereocenters. The fourth-order valence-corrected chi connectivity index (χ4v) is 2.89. The Bertz CT molecular complexity index is 488. The first kappa shape index (κ1) is 14.4. The molecular weight excluding hydrogens is 270 g/mol. The minimum absolute atomic E-state index is 0.0518. The third kappa shape index (κ3) is 3.74. The van der Waals surface area contributed by atoms with E-state index in [-0.39, 0.29) is 17.8 Å². The van der Waals surface area contributed by atoms with Gasteiger partial charge in [-0.25, -0.2) is 0 Å². The molecule has 0 aromatic carbocycles. The monoisotopic (exact) mass is 291 g/mol. The predicted octanol–water partition coefficient (Wildman–Crippen LogP) is 2.48. The summed E-state index contributed by atoms with van der Waals surface area (Å²) in [6.45, 7) is 1.03. The molecule has 1 saturated heterocycles. The molecule has 3 rings (SSSR count). The molecule has 0 radical (unpaired) electrons. The van der Waals surface area contributed by atoms with E-state index in [1.165, 1.54) is 12.5 Å². The molecule has 1 aliphatic carbocycles. The van der Waals surface area contributed by atoms with Gasteiger partial charge in [-0.15, -0.1) is 0 Å². The van der Waals surface area contributed by atoms with Crippen molar-refractivity contribution in [3.63, 3.8) is 0 Å². The molecule has 5 heteroatoms. The highest BCUT2D eigenvalue weighted by Gasteiger charge is 2.42. The topological polar surface area (TPSA) is 60.7 Å². The van der Waals surface area contributed by atoms with Gasteiger partial charge >= 0.3 is 0 Å². The molecule has 1 aromatic rings. The molecule has 1 amide bonds. The van der Waals surface area contributed by atoms with Gasteiger partial charge in [-0.3, -0.25) is 4.79 Å². The van der Waals surface area contributed by atoms with Gasteiger partial charge < -0.3 is 19.2 Å². The Kier molecular flexibility index (Phi) is 4.41. The maximum absolute atomic E-state index is 11.7. The second-order valence-corrected chi connectivity index (χ2v) is 5.62. The fourth-order valence-electron chi connectivity index (χ4n) is 2.89. The third-order valence-electron chi connectivity index (χ3n) is 3.98. The Labute approximate surface area is 124 Å². The quantitative estimate of drug-likeness (QED) is 0.866. The van der Waals surface area contributed by atoms with Crippen molar-refractivity contribution in [3.05, 3.63) is 30.2 Å². The highest BCUT2D eigenvalue weighted by molar-refractivity contribution is 5.91. The lowest BCUT2D eigenvalue weighted by atomic mass is 9.94. The minimum Gasteiger partial charge on any atom is -0.465 e. The molecule has 1 aromatic heterocycles. The number of carbonyl (C=O) groups is 1. The molecule has 2 heterocycles.